The molecule has 0 amide bonds. The van der Waals surface area contributed by atoms with Gasteiger partial charge in [0.15, 0.2) is 0 Å². The molecule has 0 aromatic heterocycles. The Hall–Kier alpha value is -1.06. The SMILES string of the molecule is c1ccc2c(c1)CC(CNCCN1CCCC1)CO2. The van der Waals surface area contributed by atoms with E-state index in [9.17, 15) is 0 Å². The lowest BCUT2D eigenvalue weighted by molar-refractivity contribution is 0.216. The van der Waals surface area contributed by atoms with Crippen molar-refractivity contribution in [1.29, 1.82) is 0 Å². The van der Waals surface area contributed by atoms with Crippen LogP contribution in [0.5, 0.6) is 5.75 Å². The van der Waals surface area contributed by atoms with Gasteiger partial charge in [-0.15, -0.1) is 0 Å². The van der Waals surface area contributed by atoms with Gasteiger partial charge in [-0.25, -0.2) is 0 Å². The number of hydrogen-bond acceptors (Lipinski definition) is 3. The van der Waals surface area contributed by atoms with E-state index in [2.05, 4.69) is 28.4 Å². The molecule has 3 nitrogen and oxygen atoms in total. The van der Waals surface area contributed by atoms with Gasteiger partial charge in [0.05, 0.1) is 6.61 Å². The molecular formula is C16H24N2O. The number of nitrogens with one attached hydrogen (secondary N) is 1. The molecule has 2 heterocycles. The van der Waals surface area contributed by atoms with Crippen LogP contribution in [-0.2, 0) is 6.42 Å². The van der Waals surface area contributed by atoms with Crippen LogP contribution in [0.25, 0.3) is 0 Å². The van der Waals surface area contributed by atoms with Crippen LogP contribution in [0.2, 0.25) is 0 Å². The third-order valence-electron chi connectivity index (χ3n) is 4.19. The summed E-state index contributed by atoms with van der Waals surface area (Å²) in [6.07, 6.45) is 3.91. The van der Waals surface area contributed by atoms with E-state index in [0.29, 0.717) is 5.92 Å². The van der Waals surface area contributed by atoms with Crippen molar-refractivity contribution in [2.45, 2.75) is 19.3 Å². The Labute approximate surface area is 115 Å². The Morgan fingerprint density at radius 2 is 2.05 bits per heavy atom. The van der Waals surface area contributed by atoms with E-state index in [1.807, 2.05) is 6.07 Å². The predicted molar refractivity (Wildman–Crippen MR) is 77.7 cm³/mol. The van der Waals surface area contributed by atoms with Crippen LogP contribution in [0.1, 0.15) is 18.4 Å². The smallest absolute Gasteiger partial charge is 0.122 e. The molecule has 1 fully saturated rings. The number of fused-ring (bicyclic) bond motifs is 1. The number of nitrogens with zero attached hydrogens (tertiary/aromatic N) is 1. The molecule has 1 N–H and O–H groups in total. The van der Waals surface area contributed by atoms with Gasteiger partial charge in [-0.1, -0.05) is 18.2 Å². The standard InChI is InChI=1S/C16H24N2O/c1-2-6-16-15(5-1)11-14(13-19-16)12-17-7-10-18-8-3-4-9-18/h1-2,5-6,14,17H,3-4,7-13H2. The molecule has 0 radical (unpaired) electrons. The minimum Gasteiger partial charge on any atom is -0.493 e. The molecule has 19 heavy (non-hydrogen) atoms. The van der Waals surface area contributed by atoms with E-state index >= 15 is 0 Å². The van der Waals surface area contributed by atoms with Crippen LogP contribution >= 0.6 is 0 Å². The maximum Gasteiger partial charge on any atom is 0.122 e. The van der Waals surface area contributed by atoms with Crippen LogP contribution in [0.15, 0.2) is 24.3 Å². The number of ether oxygens (including phenoxy) is 1. The highest BCUT2D eigenvalue weighted by molar-refractivity contribution is 5.35. The second-order valence-corrected chi connectivity index (χ2v) is 5.74. The highest BCUT2D eigenvalue weighted by Crippen LogP contribution is 2.26. The summed E-state index contributed by atoms with van der Waals surface area (Å²) < 4.78 is 5.82. The Balaban J connectivity index is 1.37. The van der Waals surface area contributed by atoms with E-state index in [1.54, 1.807) is 0 Å². The Morgan fingerprint density at radius 1 is 1.21 bits per heavy atom. The van der Waals surface area contributed by atoms with Crippen molar-refractivity contribution in [3.05, 3.63) is 29.8 Å². The highest BCUT2D eigenvalue weighted by Gasteiger charge is 2.19. The summed E-state index contributed by atoms with van der Waals surface area (Å²) >= 11 is 0. The molecule has 2 aliphatic rings. The lowest BCUT2D eigenvalue weighted by atomic mass is 9.97. The third kappa shape index (κ3) is 3.48. The van der Waals surface area contributed by atoms with E-state index < -0.39 is 0 Å². The number of rotatable bonds is 5. The molecule has 1 atom stereocenters. The molecule has 104 valence electrons. The number of para-hydroxylation sites is 1. The largest absolute Gasteiger partial charge is 0.493 e. The molecule has 1 unspecified atom stereocenters. The molecule has 1 saturated heterocycles. The molecule has 0 spiro atoms. The van der Waals surface area contributed by atoms with Crippen molar-refractivity contribution < 1.29 is 4.74 Å². The first kappa shape index (κ1) is 12.9. The van der Waals surface area contributed by atoms with E-state index in [1.165, 1.54) is 38.0 Å². The topological polar surface area (TPSA) is 24.5 Å². The van der Waals surface area contributed by atoms with Gasteiger partial charge in [-0.05, 0) is 44.0 Å². The number of benzene rings is 1. The first-order valence-electron chi connectivity index (χ1n) is 7.55. The van der Waals surface area contributed by atoms with E-state index in [-0.39, 0.29) is 0 Å². The zero-order valence-electron chi connectivity index (χ0n) is 11.6. The molecule has 1 aromatic carbocycles. The van der Waals surface area contributed by atoms with Crippen molar-refractivity contribution in [3.8, 4) is 5.75 Å². The molecule has 3 heteroatoms. The Morgan fingerprint density at radius 3 is 2.95 bits per heavy atom. The summed E-state index contributed by atoms with van der Waals surface area (Å²) in [5.41, 5.74) is 1.36. The molecule has 1 aromatic rings. The second kappa shape index (κ2) is 6.40. The second-order valence-electron chi connectivity index (χ2n) is 5.74. The highest BCUT2D eigenvalue weighted by atomic mass is 16.5. The zero-order chi connectivity index (χ0) is 12.9. The van der Waals surface area contributed by atoms with Crippen LogP contribution in [0, 0.1) is 5.92 Å². The molecule has 0 saturated carbocycles. The summed E-state index contributed by atoms with van der Waals surface area (Å²) in [7, 11) is 0. The number of hydrogen-bond donors (Lipinski definition) is 1. The Bertz CT molecular complexity index is 401. The summed E-state index contributed by atoms with van der Waals surface area (Å²) in [4.78, 5) is 2.56. The van der Waals surface area contributed by atoms with Gasteiger partial charge in [0.2, 0.25) is 0 Å². The first-order chi connectivity index (χ1) is 9.42. The van der Waals surface area contributed by atoms with E-state index in [4.69, 9.17) is 4.74 Å². The van der Waals surface area contributed by atoms with Crippen molar-refractivity contribution in [2.24, 2.45) is 5.92 Å². The number of likely N-dealkylation sites (tertiary alicyclic amines) is 1. The van der Waals surface area contributed by atoms with Gasteiger partial charge < -0.3 is 15.0 Å². The van der Waals surface area contributed by atoms with Gasteiger partial charge >= 0.3 is 0 Å². The fourth-order valence-corrected chi connectivity index (χ4v) is 3.07. The minimum absolute atomic E-state index is 0.619. The lowest BCUT2D eigenvalue weighted by Crippen LogP contribution is -2.35. The normalized spacial score (nSPS) is 23.1. The minimum atomic E-state index is 0.619. The maximum absolute atomic E-state index is 5.82. The van der Waals surface area contributed by atoms with Gasteiger partial charge in [0.1, 0.15) is 5.75 Å². The average molecular weight is 260 g/mol. The van der Waals surface area contributed by atoms with E-state index in [0.717, 1.165) is 31.9 Å². The zero-order valence-corrected chi connectivity index (χ0v) is 11.6. The summed E-state index contributed by atoms with van der Waals surface area (Å²) in [6.45, 7) is 6.82. The fraction of sp³-hybridized carbons (Fsp3) is 0.625. The van der Waals surface area contributed by atoms with Crippen LogP contribution in [0.4, 0.5) is 0 Å². The molecule has 2 aliphatic heterocycles. The quantitative estimate of drug-likeness (QED) is 0.819. The van der Waals surface area contributed by atoms with Crippen LogP contribution in [0.3, 0.4) is 0 Å². The summed E-state index contributed by atoms with van der Waals surface area (Å²) in [5, 5.41) is 3.59. The first-order valence-corrected chi connectivity index (χ1v) is 7.55. The lowest BCUT2D eigenvalue weighted by Gasteiger charge is -2.25. The average Bonchev–Trinajstić information content (AvgIpc) is 2.97. The molecule has 0 bridgehead atoms. The fourth-order valence-electron chi connectivity index (χ4n) is 3.07. The van der Waals surface area contributed by atoms with Crippen LogP contribution in [-0.4, -0.2) is 44.2 Å². The summed E-state index contributed by atoms with van der Waals surface area (Å²) in [5.74, 6) is 1.70. The monoisotopic (exact) mass is 260 g/mol. The predicted octanol–water partition coefficient (Wildman–Crippen LogP) is 1.92. The molecular weight excluding hydrogens is 236 g/mol. The van der Waals surface area contributed by atoms with Gasteiger partial charge in [-0.3, -0.25) is 0 Å². The molecule has 3 rings (SSSR count). The maximum atomic E-state index is 5.82. The summed E-state index contributed by atoms with van der Waals surface area (Å²) in [6, 6.07) is 8.41. The van der Waals surface area contributed by atoms with Crippen LogP contribution < -0.4 is 10.1 Å². The van der Waals surface area contributed by atoms with Crippen molar-refractivity contribution >= 4 is 0 Å². The van der Waals surface area contributed by atoms with Gasteiger partial charge in [-0.2, -0.15) is 0 Å². The van der Waals surface area contributed by atoms with Gasteiger partial charge in [0, 0.05) is 25.6 Å². The van der Waals surface area contributed by atoms with Gasteiger partial charge in [0.25, 0.3) is 0 Å². The van der Waals surface area contributed by atoms with Crippen molar-refractivity contribution in [1.82, 2.24) is 10.2 Å². The molecule has 0 aliphatic carbocycles. The van der Waals surface area contributed by atoms with Crippen molar-refractivity contribution in [2.75, 3.05) is 39.3 Å². The Kier molecular flexibility index (Phi) is 4.36. The van der Waals surface area contributed by atoms with Crippen molar-refractivity contribution in [3.63, 3.8) is 0 Å². The third-order valence-corrected chi connectivity index (χ3v) is 4.19.